The summed E-state index contributed by atoms with van der Waals surface area (Å²) in [6, 6.07) is 8.54. The zero-order valence-electron chi connectivity index (χ0n) is 14.8. The van der Waals surface area contributed by atoms with Gasteiger partial charge in [0, 0.05) is 23.8 Å². The van der Waals surface area contributed by atoms with Crippen molar-refractivity contribution >= 4 is 5.91 Å². The van der Waals surface area contributed by atoms with E-state index >= 15 is 0 Å². The zero-order valence-corrected chi connectivity index (χ0v) is 14.8. The second-order valence-corrected chi connectivity index (χ2v) is 7.21. The molecule has 132 valence electrons. The van der Waals surface area contributed by atoms with Crippen molar-refractivity contribution in [2.24, 2.45) is 11.7 Å². The molecule has 25 heavy (non-hydrogen) atoms. The number of fused-ring (bicyclic) bond motifs is 1. The van der Waals surface area contributed by atoms with E-state index in [0.29, 0.717) is 18.2 Å². The van der Waals surface area contributed by atoms with Crippen LogP contribution in [-0.2, 0) is 19.3 Å². The summed E-state index contributed by atoms with van der Waals surface area (Å²) in [5.74, 6) is 0.482. The summed E-state index contributed by atoms with van der Waals surface area (Å²) in [5, 5.41) is 7.81. The molecule has 5 nitrogen and oxygen atoms in total. The first-order valence-corrected chi connectivity index (χ1v) is 9.42. The summed E-state index contributed by atoms with van der Waals surface area (Å²) < 4.78 is 1.96. The smallest absolute Gasteiger partial charge is 0.272 e. The number of nitrogens with one attached hydrogen (secondary N) is 1. The van der Waals surface area contributed by atoms with Crippen molar-refractivity contribution < 1.29 is 4.79 Å². The normalized spacial score (nSPS) is 17.4. The molecule has 1 unspecified atom stereocenters. The molecule has 1 fully saturated rings. The molecule has 3 N–H and O–H groups in total. The quantitative estimate of drug-likeness (QED) is 0.849. The van der Waals surface area contributed by atoms with Gasteiger partial charge in [-0.25, -0.2) is 4.68 Å². The van der Waals surface area contributed by atoms with Gasteiger partial charge >= 0.3 is 0 Å². The van der Waals surface area contributed by atoms with E-state index in [0.717, 1.165) is 36.9 Å². The summed E-state index contributed by atoms with van der Waals surface area (Å²) in [6.07, 6.45) is 6.35. The Bertz CT molecular complexity index is 774. The van der Waals surface area contributed by atoms with Crippen LogP contribution in [0.15, 0.2) is 24.3 Å². The van der Waals surface area contributed by atoms with Crippen molar-refractivity contribution in [3.05, 3.63) is 46.8 Å². The van der Waals surface area contributed by atoms with E-state index in [1.807, 2.05) is 4.68 Å². The van der Waals surface area contributed by atoms with Gasteiger partial charge in [-0.05, 0) is 62.1 Å². The molecule has 1 atom stereocenters. The predicted octanol–water partition coefficient (Wildman–Crippen LogP) is 2.39. The molecule has 5 heteroatoms. The highest BCUT2D eigenvalue weighted by Gasteiger charge is 2.33. The zero-order chi connectivity index (χ0) is 17.4. The molecule has 4 rings (SSSR count). The van der Waals surface area contributed by atoms with Crippen LogP contribution in [0.1, 0.15) is 53.5 Å². The summed E-state index contributed by atoms with van der Waals surface area (Å²) in [7, 11) is 0. The highest BCUT2D eigenvalue weighted by molar-refractivity contribution is 5.94. The van der Waals surface area contributed by atoms with E-state index in [2.05, 4.69) is 41.6 Å². The van der Waals surface area contributed by atoms with Crippen molar-refractivity contribution in [3.8, 4) is 5.69 Å². The number of benzene rings is 1. The molecule has 2 aliphatic rings. The highest BCUT2D eigenvalue weighted by Crippen LogP contribution is 2.33. The molecule has 0 bridgehead atoms. The lowest BCUT2D eigenvalue weighted by Crippen LogP contribution is -2.42. The largest absolute Gasteiger partial charge is 0.346 e. The van der Waals surface area contributed by atoms with Crippen LogP contribution in [0.4, 0.5) is 0 Å². The van der Waals surface area contributed by atoms with Gasteiger partial charge in [0.2, 0.25) is 0 Å². The lowest BCUT2D eigenvalue weighted by molar-refractivity contribution is 0.0927. The molecule has 1 aromatic carbocycles. The molecule has 1 amide bonds. The number of carbonyl (C=O) groups is 1. The standard InChI is InChI=1S/C20H26N4O/c1-2-13-6-10-15(11-7-13)24-18-5-3-4-16(18)19(23-24)20(25)22-17(12-21)14-8-9-14/h6-7,10-11,14,17H,2-5,8-9,12,21H2,1H3,(H,22,25). The Morgan fingerprint density at radius 2 is 2.08 bits per heavy atom. The van der Waals surface area contributed by atoms with Crippen LogP contribution < -0.4 is 11.1 Å². The molecule has 1 saturated carbocycles. The topological polar surface area (TPSA) is 72.9 Å². The van der Waals surface area contributed by atoms with Crippen molar-refractivity contribution in [2.75, 3.05) is 6.54 Å². The number of amides is 1. The summed E-state index contributed by atoms with van der Waals surface area (Å²) in [6.45, 7) is 2.65. The number of nitrogens with two attached hydrogens (primary N) is 1. The number of carbonyl (C=O) groups excluding carboxylic acids is 1. The first kappa shape index (κ1) is 16.3. The number of hydrogen-bond donors (Lipinski definition) is 2. The predicted molar refractivity (Wildman–Crippen MR) is 98.0 cm³/mol. The fraction of sp³-hybridized carbons (Fsp3) is 0.500. The third-order valence-electron chi connectivity index (χ3n) is 5.50. The first-order valence-electron chi connectivity index (χ1n) is 9.42. The maximum atomic E-state index is 12.8. The van der Waals surface area contributed by atoms with E-state index < -0.39 is 0 Å². The third-order valence-corrected chi connectivity index (χ3v) is 5.50. The van der Waals surface area contributed by atoms with E-state index in [-0.39, 0.29) is 11.9 Å². The molecule has 0 saturated heterocycles. The van der Waals surface area contributed by atoms with Crippen LogP contribution in [0.25, 0.3) is 5.69 Å². The SMILES string of the molecule is CCc1ccc(-n2nc(C(=O)NC(CN)C3CC3)c3c2CCC3)cc1. The van der Waals surface area contributed by atoms with Crippen LogP contribution in [0.3, 0.4) is 0 Å². The average molecular weight is 338 g/mol. The second-order valence-electron chi connectivity index (χ2n) is 7.21. The van der Waals surface area contributed by atoms with Crippen LogP contribution >= 0.6 is 0 Å². The fourth-order valence-corrected chi connectivity index (χ4v) is 3.81. The molecule has 0 radical (unpaired) electrons. The Labute approximate surface area is 148 Å². The monoisotopic (exact) mass is 338 g/mol. The van der Waals surface area contributed by atoms with Crippen molar-refractivity contribution in [1.82, 2.24) is 15.1 Å². The maximum absolute atomic E-state index is 12.8. The molecular formula is C20H26N4O. The minimum absolute atomic E-state index is 0.0653. The summed E-state index contributed by atoms with van der Waals surface area (Å²) >= 11 is 0. The van der Waals surface area contributed by atoms with Crippen LogP contribution in [0.5, 0.6) is 0 Å². The van der Waals surface area contributed by atoms with Gasteiger partial charge in [-0.2, -0.15) is 5.10 Å². The lowest BCUT2D eigenvalue weighted by atomic mass is 10.1. The number of aromatic nitrogens is 2. The van der Waals surface area contributed by atoms with Crippen LogP contribution in [-0.4, -0.2) is 28.3 Å². The second kappa shape index (κ2) is 6.64. The average Bonchev–Trinajstić information content (AvgIpc) is 3.26. The Morgan fingerprint density at radius 1 is 1.32 bits per heavy atom. The van der Waals surface area contributed by atoms with Gasteiger partial charge < -0.3 is 11.1 Å². The summed E-state index contributed by atoms with van der Waals surface area (Å²) in [5.41, 5.74) is 11.1. The van der Waals surface area contributed by atoms with E-state index in [9.17, 15) is 4.79 Å². The molecule has 2 aliphatic carbocycles. The van der Waals surface area contributed by atoms with Gasteiger partial charge in [0.05, 0.1) is 5.69 Å². The van der Waals surface area contributed by atoms with E-state index in [4.69, 9.17) is 5.73 Å². The highest BCUT2D eigenvalue weighted by atomic mass is 16.2. The van der Waals surface area contributed by atoms with Crippen molar-refractivity contribution in [2.45, 2.75) is 51.5 Å². The van der Waals surface area contributed by atoms with Gasteiger partial charge in [0.25, 0.3) is 5.91 Å². The van der Waals surface area contributed by atoms with Gasteiger partial charge in [-0.15, -0.1) is 0 Å². The Kier molecular flexibility index (Phi) is 4.34. The maximum Gasteiger partial charge on any atom is 0.272 e. The Morgan fingerprint density at radius 3 is 2.72 bits per heavy atom. The van der Waals surface area contributed by atoms with Gasteiger partial charge in [-0.3, -0.25) is 4.79 Å². The first-order chi connectivity index (χ1) is 12.2. The number of aryl methyl sites for hydroxylation is 1. The van der Waals surface area contributed by atoms with Gasteiger partial charge in [-0.1, -0.05) is 19.1 Å². The van der Waals surface area contributed by atoms with Gasteiger partial charge in [0.1, 0.15) is 0 Å². The molecule has 1 aromatic heterocycles. The fourth-order valence-electron chi connectivity index (χ4n) is 3.81. The minimum Gasteiger partial charge on any atom is -0.346 e. The molecule has 2 aromatic rings. The molecule has 0 aliphatic heterocycles. The van der Waals surface area contributed by atoms with Crippen LogP contribution in [0, 0.1) is 5.92 Å². The molecule has 1 heterocycles. The Balaban J connectivity index is 1.63. The molecule has 0 spiro atoms. The Hall–Kier alpha value is -2.14. The van der Waals surface area contributed by atoms with E-state index in [1.54, 1.807) is 0 Å². The number of hydrogen-bond acceptors (Lipinski definition) is 3. The third kappa shape index (κ3) is 3.09. The van der Waals surface area contributed by atoms with Gasteiger partial charge in [0.15, 0.2) is 5.69 Å². The number of rotatable bonds is 6. The minimum atomic E-state index is -0.0653. The van der Waals surface area contributed by atoms with Crippen molar-refractivity contribution in [1.29, 1.82) is 0 Å². The van der Waals surface area contributed by atoms with E-state index in [1.165, 1.54) is 24.1 Å². The molecular weight excluding hydrogens is 312 g/mol. The van der Waals surface area contributed by atoms with Crippen LogP contribution in [0.2, 0.25) is 0 Å². The number of nitrogens with zero attached hydrogens (tertiary/aromatic N) is 2. The summed E-state index contributed by atoms with van der Waals surface area (Å²) in [4.78, 5) is 12.8. The lowest BCUT2D eigenvalue weighted by Gasteiger charge is -2.15. The van der Waals surface area contributed by atoms with Crippen molar-refractivity contribution in [3.63, 3.8) is 0 Å².